The second kappa shape index (κ2) is 9.01. The highest BCUT2D eigenvalue weighted by molar-refractivity contribution is 7.90. The third kappa shape index (κ3) is 5.30. The first-order valence-corrected chi connectivity index (χ1v) is 10.3. The van der Waals surface area contributed by atoms with Crippen LogP contribution in [-0.2, 0) is 15.0 Å². The predicted molar refractivity (Wildman–Crippen MR) is 109 cm³/mol. The summed E-state index contributed by atoms with van der Waals surface area (Å²) in [6.45, 7) is 3.70. The predicted octanol–water partition coefficient (Wildman–Crippen LogP) is 2.88. The lowest BCUT2D eigenvalue weighted by molar-refractivity contribution is -0.120. The van der Waals surface area contributed by atoms with Crippen molar-refractivity contribution in [3.05, 3.63) is 65.7 Å². The van der Waals surface area contributed by atoms with E-state index in [1.807, 2.05) is 38.1 Å². The topological polar surface area (TPSA) is 69.7 Å². The normalized spacial score (nSPS) is 12.6. The van der Waals surface area contributed by atoms with Gasteiger partial charge in [-0.25, -0.2) is 4.31 Å². The van der Waals surface area contributed by atoms with E-state index in [1.165, 1.54) is 14.1 Å². The molecule has 2 aromatic carbocycles. The van der Waals surface area contributed by atoms with Crippen molar-refractivity contribution in [2.45, 2.75) is 26.3 Å². The second-order valence-electron chi connectivity index (χ2n) is 6.57. The van der Waals surface area contributed by atoms with Gasteiger partial charge in [0.2, 0.25) is 5.91 Å². The Kier molecular flexibility index (Phi) is 6.98. The van der Waals surface area contributed by atoms with Gasteiger partial charge in [-0.15, -0.1) is 0 Å². The molecule has 7 heteroatoms. The third-order valence-corrected chi connectivity index (χ3v) is 6.11. The smallest absolute Gasteiger partial charge is 0.304 e. The zero-order valence-corrected chi connectivity index (χ0v) is 17.0. The molecule has 0 bridgehead atoms. The Morgan fingerprint density at radius 2 is 1.63 bits per heavy atom. The van der Waals surface area contributed by atoms with Gasteiger partial charge in [0.05, 0.1) is 11.7 Å². The first kappa shape index (κ1) is 20.9. The van der Waals surface area contributed by atoms with Crippen LogP contribution in [0.1, 0.15) is 30.5 Å². The number of nitrogens with zero attached hydrogens (tertiary/aromatic N) is 2. The maximum atomic E-state index is 12.7. The van der Waals surface area contributed by atoms with Crippen molar-refractivity contribution in [2.24, 2.45) is 0 Å². The van der Waals surface area contributed by atoms with Crippen LogP contribution in [0.3, 0.4) is 0 Å². The Hall–Kier alpha value is -2.38. The molecule has 0 saturated heterocycles. The van der Waals surface area contributed by atoms with E-state index < -0.39 is 10.2 Å². The van der Waals surface area contributed by atoms with Crippen LogP contribution in [0.4, 0.5) is 5.69 Å². The number of carbonyl (C=O) groups excluding carboxylic acids is 1. The van der Waals surface area contributed by atoms with Gasteiger partial charge in [0.1, 0.15) is 6.54 Å². The highest BCUT2D eigenvalue weighted by Crippen LogP contribution is 2.20. The molecule has 1 N–H and O–H groups in total. The molecule has 0 aromatic heterocycles. The molecule has 0 aliphatic carbocycles. The minimum atomic E-state index is -3.79. The Morgan fingerprint density at radius 3 is 2.15 bits per heavy atom. The Labute approximate surface area is 162 Å². The molecule has 0 spiro atoms. The van der Waals surface area contributed by atoms with Crippen molar-refractivity contribution < 1.29 is 13.2 Å². The number of amides is 1. The van der Waals surface area contributed by atoms with Crippen LogP contribution in [0.25, 0.3) is 0 Å². The maximum Gasteiger partial charge on any atom is 0.304 e. The van der Waals surface area contributed by atoms with Gasteiger partial charge >= 0.3 is 10.2 Å². The zero-order chi connectivity index (χ0) is 20.0. The first-order chi connectivity index (χ1) is 12.8. The van der Waals surface area contributed by atoms with E-state index in [-0.39, 0.29) is 18.5 Å². The number of anilines is 1. The summed E-state index contributed by atoms with van der Waals surface area (Å²) in [5, 5.41) is 2.95. The molecule has 1 amide bonds. The lowest BCUT2D eigenvalue weighted by Crippen LogP contribution is -2.46. The summed E-state index contributed by atoms with van der Waals surface area (Å²) in [6, 6.07) is 16.4. The summed E-state index contributed by atoms with van der Waals surface area (Å²) in [5.74, 6) is -0.350. The fourth-order valence-electron chi connectivity index (χ4n) is 2.69. The number of rotatable bonds is 8. The standard InChI is InChI=1S/C20H27N3O3S/c1-5-19(17-13-11-16(2)12-14-17)21-20(24)15-23(27(25,26)22(3)4)18-9-7-6-8-10-18/h6-14,19H,5,15H2,1-4H3,(H,21,24)/t19-/m0/s1. The Bertz CT molecular complexity index is 850. The van der Waals surface area contributed by atoms with Crippen molar-refractivity contribution in [1.29, 1.82) is 0 Å². The average molecular weight is 390 g/mol. The van der Waals surface area contributed by atoms with E-state index in [0.29, 0.717) is 12.1 Å². The van der Waals surface area contributed by atoms with E-state index >= 15 is 0 Å². The molecule has 0 heterocycles. The van der Waals surface area contributed by atoms with E-state index in [2.05, 4.69) is 5.32 Å². The summed E-state index contributed by atoms with van der Waals surface area (Å²) in [6.07, 6.45) is 0.709. The van der Waals surface area contributed by atoms with Crippen LogP contribution >= 0.6 is 0 Å². The summed E-state index contributed by atoms with van der Waals surface area (Å²) < 4.78 is 27.6. The molecule has 1 atom stereocenters. The monoisotopic (exact) mass is 389 g/mol. The summed E-state index contributed by atoms with van der Waals surface area (Å²) in [5.41, 5.74) is 2.59. The number of carbonyl (C=O) groups is 1. The van der Waals surface area contributed by atoms with Gasteiger partial charge in [0.25, 0.3) is 0 Å². The molecular weight excluding hydrogens is 362 g/mol. The number of para-hydroxylation sites is 1. The minimum Gasteiger partial charge on any atom is -0.348 e. The number of nitrogens with one attached hydrogen (secondary N) is 1. The van der Waals surface area contributed by atoms with Crippen molar-refractivity contribution in [2.75, 3.05) is 24.9 Å². The lowest BCUT2D eigenvalue weighted by atomic mass is 10.0. The van der Waals surface area contributed by atoms with Crippen LogP contribution < -0.4 is 9.62 Å². The molecule has 2 aromatic rings. The lowest BCUT2D eigenvalue weighted by Gasteiger charge is -2.28. The van der Waals surface area contributed by atoms with Crippen LogP contribution in [0.15, 0.2) is 54.6 Å². The fraction of sp³-hybridized carbons (Fsp3) is 0.350. The molecule has 0 aliphatic rings. The molecule has 0 unspecified atom stereocenters. The zero-order valence-electron chi connectivity index (χ0n) is 16.2. The van der Waals surface area contributed by atoms with Crippen molar-refractivity contribution in [1.82, 2.24) is 9.62 Å². The van der Waals surface area contributed by atoms with Crippen LogP contribution in [-0.4, -0.2) is 39.3 Å². The molecular formula is C20H27N3O3S. The van der Waals surface area contributed by atoms with E-state index in [1.54, 1.807) is 30.3 Å². The molecule has 2 rings (SSSR count). The van der Waals surface area contributed by atoms with Crippen molar-refractivity contribution in [3.63, 3.8) is 0 Å². The van der Waals surface area contributed by atoms with Gasteiger partial charge in [0.15, 0.2) is 0 Å². The van der Waals surface area contributed by atoms with Crippen molar-refractivity contribution in [3.8, 4) is 0 Å². The quantitative estimate of drug-likeness (QED) is 0.755. The van der Waals surface area contributed by atoms with Gasteiger partial charge in [-0.3, -0.25) is 4.79 Å². The van der Waals surface area contributed by atoms with Gasteiger partial charge in [-0.05, 0) is 31.0 Å². The average Bonchev–Trinajstić information content (AvgIpc) is 2.65. The van der Waals surface area contributed by atoms with E-state index in [0.717, 1.165) is 19.7 Å². The molecule has 0 radical (unpaired) electrons. The third-order valence-electron chi connectivity index (χ3n) is 4.29. The van der Waals surface area contributed by atoms with Crippen LogP contribution in [0.5, 0.6) is 0 Å². The van der Waals surface area contributed by atoms with E-state index in [9.17, 15) is 13.2 Å². The number of hydrogen-bond donors (Lipinski definition) is 1. The Balaban J connectivity index is 2.21. The van der Waals surface area contributed by atoms with Gasteiger partial charge in [-0.1, -0.05) is 55.0 Å². The minimum absolute atomic E-state index is 0.169. The van der Waals surface area contributed by atoms with Crippen LogP contribution in [0.2, 0.25) is 0 Å². The second-order valence-corrected chi connectivity index (χ2v) is 8.64. The number of aryl methyl sites for hydroxylation is 1. The Morgan fingerprint density at radius 1 is 1.04 bits per heavy atom. The molecule has 146 valence electrons. The summed E-state index contributed by atoms with van der Waals surface area (Å²) in [7, 11) is -0.897. The van der Waals surface area contributed by atoms with Gasteiger partial charge < -0.3 is 5.32 Å². The molecule has 0 saturated carbocycles. The SMILES string of the molecule is CC[C@H](NC(=O)CN(c1ccccc1)S(=O)(=O)N(C)C)c1ccc(C)cc1. The molecule has 0 aliphatic heterocycles. The van der Waals surface area contributed by atoms with Crippen molar-refractivity contribution >= 4 is 21.8 Å². The summed E-state index contributed by atoms with van der Waals surface area (Å²) >= 11 is 0. The maximum absolute atomic E-state index is 12.7. The van der Waals surface area contributed by atoms with Gasteiger partial charge in [0, 0.05) is 14.1 Å². The highest BCUT2D eigenvalue weighted by atomic mass is 32.2. The van der Waals surface area contributed by atoms with Gasteiger partial charge in [-0.2, -0.15) is 12.7 Å². The number of benzene rings is 2. The first-order valence-electron chi connectivity index (χ1n) is 8.87. The summed E-state index contributed by atoms with van der Waals surface area (Å²) in [4.78, 5) is 12.7. The number of hydrogen-bond acceptors (Lipinski definition) is 3. The van der Waals surface area contributed by atoms with E-state index in [4.69, 9.17) is 0 Å². The molecule has 0 fully saturated rings. The highest BCUT2D eigenvalue weighted by Gasteiger charge is 2.27. The molecule has 6 nitrogen and oxygen atoms in total. The molecule has 27 heavy (non-hydrogen) atoms. The van der Waals surface area contributed by atoms with Crippen LogP contribution in [0, 0.1) is 6.92 Å². The fourth-order valence-corrected chi connectivity index (χ4v) is 3.75. The largest absolute Gasteiger partial charge is 0.348 e.